The molecule has 0 saturated carbocycles. The standard InChI is InChI=1S/C15H28O3/c1-3-5-7-8-9-10-12-17-14-18-15(13-16)11-6-4-2/h11,13H,3-10,12,14H2,1-2H3/b15-11+. The zero-order valence-electron chi connectivity index (χ0n) is 12.0. The van der Waals surface area contributed by atoms with Gasteiger partial charge in [0.25, 0.3) is 0 Å². The number of aldehydes is 1. The molecule has 0 aliphatic heterocycles. The lowest BCUT2D eigenvalue weighted by molar-refractivity contribution is -0.111. The highest BCUT2D eigenvalue weighted by Gasteiger charge is 1.95. The molecule has 3 heteroatoms. The molecule has 0 N–H and O–H groups in total. The Kier molecular flexibility index (Phi) is 13.6. The molecule has 3 nitrogen and oxygen atoms in total. The minimum Gasteiger partial charge on any atom is -0.464 e. The Hall–Kier alpha value is -0.830. The molecule has 0 amide bonds. The van der Waals surface area contributed by atoms with Crippen LogP contribution >= 0.6 is 0 Å². The average molecular weight is 256 g/mol. The molecule has 0 atom stereocenters. The van der Waals surface area contributed by atoms with E-state index in [0.29, 0.717) is 12.4 Å². The first-order chi connectivity index (χ1) is 8.85. The van der Waals surface area contributed by atoms with Crippen molar-refractivity contribution >= 4 is 6.29 Å². The Labute approximate surface area is 112 Å². The topological polar surface area (TPSA) is 35.5 Å². The zero-order valence-corrected chi connectivity index (χ0v) is 12.0. The maximum Gasteiger partial charge on any atom is 0.189 e. The summed E-state index contributed by atoms with van der Waals surface area (Å²) in [6.07, 6.45) is 11.9. The summed E-state index contributed by atoms with van der Waals surface area (Å²) in [5.74, 6) is 0.389. The molecule has 0 bridgehead atoms. The number of carbonyl (C=O) groups is 1. The normalized spacial score (nSPS) is 11.6. The Bertz CT molecular complexity index is 212. The molecule has 0 aromatic rings. The van der Waals surface area contributed by atoms with Crippen LogP contribution in [0.15, 0.2) is 11.8 Å². The maximum atomic E-state index is 10.6. The molecule has 0 saturated heterocycles. The van der Waals surface area contributed by atoms with Gasteiger partial charge in [0.05, 0.1) is 6.61 Å². The Morgan fingerprint density at radius 2 is 1.72 bits per heavy atom. The van der Waals surface area contributed by atoms with Gasteiger partial charge in [-0.15, -0.1) is 0 Å². The van der Waals surface area contributed by atoms with Gasteiger partial charge >= 0.3 is 0 Å². The van der Waals surface area contributed by atoms with Gasteiger partial charge in [-0.3, -0.25) is 4.79 Å². The van der Waals surface area contributed by atoms with Crippen LogP contribution in [0.1, 0.15) is 65.2 Å². The van der Waals surface area contributed by atoms with E-state index in [9.17, 15) is 4.79 Å². The highest BCUT2D eigenvalue weighted by Crippen LogP contribution is 2.05. The van der Waals surface area contributed by atoms with Gasteiger partial charge in [0.15, 0.2) is 18.8 Å². The first-order valence-electron chi connectivity index (χ1n) is 7.21. The lowest BCUT2D eigenvalue weighted by Crippen LogP contribution is -2.02. The SMILES string of the molecule is CCC/C=C(\C=O)OCOCCCCCCCC. The Morgan fingerprint density at radius 3 is 2.39 bits per heavy atom. The van der Waals surface area contributed by atoms with Crippen molar-refractivity contribution in [3.05, 3.63) is 11.8 Å². The molecule has 0 fully saturated rings. The summed E-state index contributed by atoms with van der Waals surface area (Å²) in [4.78, 5) is 10.6. The Morgan fingerprint density at radius 1 is 1.00 bits per heavy atom. The van der Waals surface area contributed by atoms with Crippen molar-refractivity contribution in [3.8, 4) is 0 Å². The third-order valence-electron chi connectivity index (χ3n) is 2.70. The highest BCUT2D eigenvalue weighted by molar-refractivity contribution is 5.69. The summed E-state index contributed by atoms with van der Waals surface area (Å²) in [7, 11) is 0. The first kappa shape index (κ1) is 17.2. The maximum absolute atomic E-state index is 10.6. The zero-order chi connectivity index (χ0) is 13.5. The number of carbonyl (C=O) groups excluding carboxylic acids is 1. The van der Waals surface area contributed by atoms with Crippen LogP contribution in [0.5, 0.6) is 0 Å². The summed E-state index contributed by atoms with van der Waals surface area (Å²) in [5.41, 5.74) is 0. The van der Waals surface area contributed by atoms with Crippen LogP contribution in [0.25, 0.3) is 0 Å². The van der Waals surface area contributed by atoms with E-state index in [0.717, 1.165) is 25.5 Å². The quantitative estimate of drug-likeness (QED) is 0.163. The summed E-state index contributed by atoms with van der Waals surface area (Å²) in [6, 6.07) is 0. The van der Waals surface area contributed by atoms with Crippen molar-refractivity contribution in [2.75, 3.05) is 13.4 Å². The summed E-state index contributed by atoms with van der Waals surface area (Å²) in [6.45, 7) is 5.18. The molecule has 0 aromatic heterocycles. The lowest BCUT2D eigenvalue weighted by atomic mass is 10.1. The number of allylic oxidation sites excluding steroid dienone is 2. The minimum absolute atomic E-state index is 0.184. The predicted molar refractivity (Wildman–Crippen MR) is 74.3 cm³/mol. The van der Waals surface area contributed by atoms with Crippen LogP contribution in [0, 0.1) is 0 Å². The molecular weight excluding hydrogens is 228 g/mol. The van der Waals surface area contributed by atoms with Crippen LogP contribution in [0.2, 0.25) is 0 Å². The van der Waals surface area contributed by atoms with Crippen molar-refractivity contribution < 1.29 is 14.3 Å². The van der Waals surface area contributed by atoms with Crippen LogP contribution in [0.4, 0.5) is 0 Å². The van der Waals surface area contributed by atoms with Gasteiger partial charge in [0.2, 0.25) is 0 Å². The van der Waals surface area contributed by atoms with E-state index in [4.69, 9.17) is 9.47 Å². The van der Waals surface area contributed by atoms with Gasteiger partial charge in [-0.2, -0.15) is 0 Å². The smallest absolute Gasteiger partial charge is 0.189 e. The van der Waals surface area contributed by atoms with E-state index in [2.05, 4.69) is 13.8 Å². The summed E-state index contributed by atoms with van der Waals surface area (Å²) in [5, 5.41) is 0. The van der Waals surface area contributed by atoms with Crippen LogP contribution in [-0.4, -0.2) is 19.7 Å². The fraction of sp³-hybridized carbons (Fsp3) is 0.800. The molecule has 106 valence electrons. The third kappa shape index (κ3) is 11.6. The van der Waals surface area contributed by atoms with Gasteiger partial charge in [0.1, 0.15) is 0 Å². The number of hydrogen-bond acceptors (Lipinski definition) is 3. The number of rotatable bonds is 13. The fourth-order valence-electron chi connectivity index (χ4n) is 1.58. The summed E-state index contributed by atoms with van der Waals surface area (Å²) >= 11 is 0. The first-order valence-corrected chi connectivity index (χ1v) is 7.21. The second kappa shape index (κ2) is 14.2. The third-order valence-corrected chi connectivity index (χ3v) is 2.70. The highest BCUT2D eigenvalue weighted by atomic mass is 16.7. The van der Waals surface area contributed by atoms with E-state index in [-0.39, 0.29) is 6.79 Å². The van der Waals surface area contributed by atoms with Crippen LogP contribution < -0.4 is 0 Å². The van der Waals surface area contributed by atoms with Crippen molar-refractivity contribution in [3.63, 3.8) is 0 Å². The average Bonchev–Trinajstić information content (AvgIpc) is 2.40. The lowest BCUT2D eigenvalue weighted by Gasteiger charge is -2.06. The largest absolute Gasteiger partial charge is 0.464 e. The molecule has 0 spiro atoms. The van der Waals surface area contributed by atoms with E-state index in [1.54, 1.807) is 6.08 Å². The van der Waals surface area contributed by atoms with Gasteiger partial charge in [-0.25, -0.2) is 0 Å². The second-order valence-corrected chi connectivity index (χ2v) is 4.45. The second-order valence-electron chi connectivity index (χ2n) is 4.45. The van der Waals surface area contributed by atoms with E-state index < -0.39 is 0 Å². The predicted octanol–water partition coefficient (Wildman–Crippen LogP) is 4.22. The molecule has 0 aromatic carbocycles. The molecule has 18 heavy (non-hydrogen) atoms. The van der Waals surface area contributed by atoms with Gasteiger partial charge in [-0.1, -0.05) is 52.4 Å². The van der Waals surface area contributed by atoms with Crippen molar-refractivity contribution in [1.82, 2.24) is 0 Å². The van der Waals surface area contributed by atoms with Crippen molar-refractivity contribution in [2.45, 2.75) is 65.2 Å². The Balaban J connectivity index is 3.30. The van der Waals surface area contributed by atoms with Gasteiger partial charge in [0, 0.05) is 0 Å². The molecule has 0 radical (unpaired) electrons. The fourth-order valence-corrected chi connectivity index (χ4v) is 1.58. The summed E-state index contributed by atoms with van der Waals surface area (Å²) < 4.78 is 10.5. The van der Waals surface area contributed by atoms with Gasteiger partial charge < -0.3 is 9.47 Å². The van der Waals surface area contributed by atoms with Crippen molar-refractivity contribution in [1.29, 1.82) is 0 Å². The molecule has 0 heterocycles. The van der Waals surface area contributed by atoms with Crippen LogP contribution in [-0.2, 0) is 14.3 Å². The number of unbranched alkanes of at least 4 members (excludes halogenated alkanes) is 6. The molecule has 0 aliphatic carbocycles. The monoisotopic (exact) mass is 256 g/mol. The minimum atomic E-state index is 0.184. The number of hydrogen-bond donors (Lipinski definition) is 0. The van der Waals surface area contributed by atoms with E-state index in [1.165, 1.54) is 32.1 Å². The number of ether oxygens (including phenoxy) is 2. The van der Waals surface area contributed by atoms with E-state index >= 15 is 0 Å². The molecular formula is C15H28O3. The van der Waals surface area contributed by atoms with Crippen LogP contribution in [0.3, 0.4) is 0 Å². The molecule has 0 unspecified atom stereocenters. The van der Waals surface area contributed by atoms with E-state index in [1.807, 2.05) is 0 Å². The van der Waals surface area contributed by atoms with Gasteiger partial charge in [-0.05, 0) is 18.9 Å². The van der Waals surface area contributed by atoms with Crippen molar-refractivity contribution in [2.24, 2.45) is 0 Å². The molecule has 0 aliphatic rings. The molecule has 0 rings (SSSR count).